The van der Waals surface area contributed by atoms with Crippen molar-refractivity contribution in [2.75, 3.05) is 7.11 Å². The van der Waals surface area contributed by atoms with Gasteiger partial charge in [0.25, 0.3) is 0 Å². The van der Waals surface area contributed by atoms with Gasteiger partial charge in [0.05, 0.1) is 12.6 Å². The number of hydrogen-bond acceptors (Lipinski definition) is 5. The van der Waals surface area contributed by atoms with Crippen molar-refractivity contribution in [1.29, 1.82) is 0 Å². The van der Waals surface area contributed by atoms with Crippen molar-refractivity contribution in [3.05, 3.63) is 40.5 Å². The van der Waals surface area contributed by atoms with Gasteiger partial charge in [-0.2, -0.15) is 4.98 Å². The third-order valence-electron chi connectivity index (χ3n) is 5.11. The van der Waals surface area contributed by atoms with Crippen LogP contribution in [0.4, 0.5) is 0 Å². The normalized spacial score (nSPS) is 19.6. The first-order valence-corrected chi connectivity index (χ1v) is 8.99. The van der Waals surface area contributed by atoms with E-state index in [-0.39, 0.29) is 5.54 Å². The summed E-state index contributed by atoms with van der Waals surface area (Å²) in [7, 11) is 1.68. The molecule has 0 spiro atoms. The molecular formula is C18H22ClN3O2. The molecular weight excluding hydrogens is 326 g/mol. The van der Waals surface area contributed by atoms with Gasteiger partial charge in [-0.25, -0.2) is 0 Å². The van der Waals surface area contributed by atoms with Crippen LogP contribution in [-0.2, 0) is 12.1 Å². The van der Waals surface area contributed by atoms with E-state index in [0.29, 0.717) is 17.5 Å². The van der Waals surface area contributed by atoms with Crippen molar-refractivity contribution in [1.82, 2.24) is 15.5 Å². The summed E-state index contributed by atoms with van der Waals surface area (Å²) in [5.74, 6) is 2.94. The lowest BCUT2D eigenvalue weighted by Crippen LogP contribution is -2.40. The molecule has 1 heterocycles. The van der Waals surface area contributed by atoms with Gasteiger partial charge in [0.1, 0.15) is 5.75 Å². The number of methoxy groups -OCH3 is 1. The number of nitrogens with zero attached hydrogens (tertiary/aromatic N) is 2. The van der Waals surface area contributed by atoms with Crippen LogP contribution in [0.3, 0.4) is 0 Å². The smallest absolute Gasteiger partial charge is 0.229 e. The molecule has 2 saturated carbocycles. The number of ether oxygens (including phenoxy) is 1. The Balaban J connectivity index is 1.56. The van der Waals surface area contributed by atoms with E-state index in [1.165, 1.54) is 25.7 Å². The van der Waals surface area contributed by atoms with Gasteiger partial charge in [0.2, 0.25) is 5.89 Å². The quantitative estimate of drug-likeness (QED) is 0.849. The molecule has 0 radical (unpaired) electrons. The standard InChI is InChI=1S/C18H22ClN3O2/c1-23-15-7-6-14(19)10-13(15)11-20-18(8-2-3-9-18)17-21-16(24-22-17)12-4-5-12/h6-7,10,12,20H,2-5,8-9,11H2,1H3. The first-order chi connectivity index (χ1) is 11.7. The maximum atomic E-state index is 6.14. The van der Waals surface area contributed by atoms with Crippen LogP contribution in [0.15, 0.2) is 22.7 Å². The van der Waals surface area contributed by atoms with Crippen LogP contribution < -0.4 is 10.1 Å². The molecule has 6 heteroatoms. The van der Waals surface area contributed by atoms with E-state index in [1.54, 1.807) is 7.11 Å². The first-order valence-electron chi connectivity index (χ1n) is 8.62. The predicted octanol–water partition coefficient (Wildman–Crippen LogP) is 4.17. The van der Waals surface area contributed by atoms with E-state index in [0.717, 1.165) is 35.9 Å². The highest BCUT2D eigenvalue weighted by Gasteiger charge is 2.41. The van der Waals surface area contributed by atoms with Gasteiger partial charge < -0.3 is 14.6 Å². The zero-order valence-electron chi connectivity index (χ0n) is 13.8. The molecule has 0 atom stereocenters. The van der Waals surface area contributed by atoms with E-state index in [9.17, 15) is 0 Å². The second kappa shape index (κ2) is 6.37. The molecule has 1 N–H and O–H groups in total. The Morgan fingerprint density at radius 3 is 2.83 bits per heavy atom. The lowest BCUT2D eigenvalue weighted by atomic mass is 9.96. The molecule has 0 amide bonds. The summed E-state index contributed by atoms with van der Waals surface area (Å²) in [6.45, 7) is 0.664. The summed E-state index contributed by atoms with van der Waals surface area (Å²) in [5.41, 5.74) is 0.839. The number of rotatable bonds is 6. The molecule has 2 aliphatic rings. The largest absolute Gasteiger partial charge is 0.496 e. The summed E-state index contributed by atoms with van der Waals surface area (Å²) in [6.07, 6.45) is 6.74. The summed E-state index contributed by atoms with van der Waals surface area (Å²) in [6, 6.07) is 5.69. The summed E-state index contributed by atoms with van der Waals surface area (Å²) in [4.78, 5) is 4.70. The predicted molar refractivity (Wildman–Crippen MR) is 91.3 cm³/mol. The number of nitrogens with one attached hydrogen (secondary N) is 1. The maximum absolute atomic E-state index is 6.14. The molecule has 0 unspecified atom stereocenters. The summed E-state index contributed by atoms with van der Waals surface area (Å²) < 4.78 is 10.9. The van der Waals surface area contributed by atoms with Crippen LogP contribution in [-0.4, -0.2) is 17.3 Å². The highest BCUT2D eigenvalue weighted by atomic mass is 35.5. The molecule has 2 aromatic rings. The third-order valence-corrected chi connectivity index (χ3v) is 5.35. The molecule has 128 valence electrons. The molecule has 1 aromatic heterocycles. The Bertz CT molecular complexity index is 721. The minimum Gasteiger partial charge on any atom is -0.496 e. The molecule has 0 saturated heterocycles. The number of halogens is 1. The lowest BCUT2D eigenvalue weighted by Gasteiger charge is -2.27. The van der Waals surface area contributed by atoms with Gasteiger partial charge >= 0.3 is 0 Å². The Hall–Kier alpha value is -1.59. The van der Waals surface area contributed by atoms with Gasteiger partial charge in [0, 0.05) is 23.0 Å². The number of hydrogen-bond donors (Lipinski definition) is 1. The average Bonchev–Trinajstić information content (AvgIpc) is 3.12. The average molecular weight is 348 g/mol. The molecule has 0 bridgehead atoms. The van der Waals surface area contributed by atoms with Crippen LogP contribution in [0, 0.1) is 0 Å². The molecule has 2 aliphatic carbocycles. The second-order valence-electron chi connectivity index (χ2n) is 6.83. The molecule has 1 aromatic carbocycles. The lowest BCUT2D eigenvalue weighted by molar-refractivity contribution is 0.294. The van der Waals surface area contributed by atoms with Gasteiger partial charge in [-0.1, -0.05) is 29.6 Å². The van der Waals surface area contributed by atoms with E-state index in [1.807, 2.05) is 18.2 Å². The second-order valence-corrected chi connectivity index (χ2v) is 7.27. The van der Waals surface area contributed by atoms with Crippen molar-refractivity contribution in [3.63, 3.8) is 0 Å². The molecule has 24 heavy (non-hydrogen) atoms. The Kier molecular flexibility index (Phi) is 4.22. The van der Waals surface area contributed by atoms with Crippen LogP contribution in [0.2, 0.25) is 5.02 Å². The van der Waals surface area contributed by atoms with Crippen LogP contribution in [0.25, 0.3) is 0 Å². The van der Waals surface area contributed by atoms with Crippen LogP contribution in [0.1, 0.15) is 61.7 Å². The summed E-state index contributed by atoms with van der Waals surface area (Å²) >= 11 is 6.14. The van der Waals surface area contributed by atoms with Crippen LogP contribution in [0.5, 0.6) is 5.75 Å². The van der Waals surface area contributed by atoms with E-state index in [4.69, 9.17) is 25.8 Å². The number of benzene rings is 1. The third kappa shape index (κ3) is 3.03. The van der Waals surface area contributed by atoms with Gasteiger partial charge in [-0.3, -0.25) is 0 Å². The Labute approximate surface area is 146 Å². The Morgan fingerprint density at radius 2 is 2.12 bits per heavy atom. The molecule has 4 rings (SSSR count). The zero-order chi connectivity index (χ0) is 16.6. The fourth-order valence-electron chi connectivity index (χ4n) is 3.53. The van der Waals surface area contributed by atoms with Crippen molar-refractivity contribution in [2.45, 2.75) is 56.5 Å². The van der Waals surface area contributed by atoms with Gasteiger partial charge in [-0.15, -0.1) is 0 Å². The minimum atomic E-state index is -0.204. The highest BCUT2D eigenvalue weighted by Crippen LogP contribution is 2.42. The van der Waals surface area contributed by atoms with Crippen LogP contribution >= 0.6 is 11.6 Å². The fraction of sp³-hybridized carbons (Fsp3) is 0.556. The van der Waals surface area contributed by atoms with Gasteiger partial charge in [-0.05, 0) is 43.9 Å². The zero-order valence-corrected chi connectivity index (χ0v) is 14.6. The maximum Gasteiger partial charge on any atom is 0.229 e. The van der Waals surface area contributed by atoms with E-state index in [2.05, 4.69) is 10.5 Å². The van der Waals surface area contributed by atoms with Gasteiger partial charge in [0.15, 0.2) is 5.82 Å². The SMILES string of the molecule is COc1ccc(Cl)cc1CNC1(c2noc(C3CC3)n2)CCCC1. The molecule has 0 aliphatic heterocycles. The number of aromatic nitrogens is 2. The first kappa shape index (κ1) is 15.9. The minimum absolute atomic E-state index is 0.204. The van der Waals surface area contributed by atoms with Crippen molar-refractivity contribution < 1.29 is 9.26 Å². The van der Waals surface area contributed by atoms with E-state index < -0.39 is 0 Å². The monoisotopic (exact) mass is 347 g/mol. The van der Waals surface area contributed by atoms with E-state index >= 15 is 0 Å². The fourth-order valence-corrected chi connectivity index (χ4v) is 3.73. The topological polar surface area (TPSA) is 60.2 Å². The summed E-state index contributed by atoms with van der Waals surface area (Å²) in [5, 5.41) is 8.69. The Morgan fingerprint density at radius 1 is 1.33 bits per heavy atom. The van der Waals surface area contributed by atoms with Crippen molar-refractivity contribution >= 4 is 11.6 Å². The molecule has 5 nitrogen and oxygen atoms in total. The molecule has 2 fully saturated rings. The van der Waals surface area contributed by atoms with Crippen molar-refractivity contribution in [2.24, 2.45) is 0 Å². The van der Waals surface area contributed by atoms with Crippen molar-refractivity contribution in [3.8, 4) is 5.75 Å². The highest BCUT2D eigenvalue weighted by molar-refractivity contribution is 6.30.